The zero-order valence-corrected chi connectivity index (χ0v) is 9.01. The number of rotatable bonds is 3. The van der Waals surface area contributed by atoms with Gasteiger partial charge in [0.15, 0.2) is 9.84 Å². The van der Waals surface area contributed by atoms with E-state index in [1.165, 1.54) is 0 Å². The maximum atomic E-state index is 13.5. The highest BCUT2D eigenvalue weighted by Crippen LogP contribution is 2.22. The van der Waals surface area contributed by atoms with E-state index in [1.54, 1.807) is 0 Å². The van der Waals surface area contributed by atoms with E-state index < -0.39 is 38.8 Å². The number of carbonyl (C=O) groups is 1. The number of aliphatic carboxylic acids is 1. The summed E-state index contributed by atoms with van der Waals surface area (Å²) < 4.78 is 48.8. The van der Waals surface area contributed by atoms with Crippen LogP contribution in [0.15, 0.2) is 17.0 Å². The second-order valence-corrected chi connectivity index (χ2v) is 5.14. The summed E-state index contributed by atoms with van der Waals surface area (Å²) in [6, 6.07) is 1.64. The van der Waals surface area contributed by atoms with E-state index in [-0.39, 0.29) is 5.56 Å². The fraction of sp³-hybridized carbons (Fsp3) is 0.222. The lowest BCUT2D eigenvalue weighted by atomic mass is 10.1. The average molecular weight is 250 g/mol. The van der Waals surface area contributed by atoms with Gasteiger partial charge in [-0.15, -0.1) is 0 Å². The molecule has 4 nitrogen and oxygen atoms in total. The Morgan fingerprint density at radius 2 is 1.94 bits per heavy atom. The summed E-state index contributed by atoms with van der Waals surface area (Å²) in [4.78, 5) is 9.27. The van der Waals surface area contributed by atoms with Gasteiger partial charge in [0.2, 0.25) is 0 Å². The molecule has 0 saturated heterocycles. The highest BCUT2D eigenvalue weighted by Gasteiger charge is 2.22. The molecule has 0 heterocycles. The molecule has 0 spiro atoms. The van der Waals surface area contributed by atoms with Crippen LogP contribution >= 0.6 is 0 Å². The van der Waals surface area contributed by atoms with Crippen molar-refractivity contribution in [1.82, 2.24) is 0 Å². The van der Waals surface area contributed by atoms with Crippen molar-refractivity contribution >= 4 is 15.8 Å². The molecule has 0 aromatic heterocycles. The number of hydrogen-bond acceptors (Lipinski definition) is 3. The highest BCUT2D eigenvalue weighted by atomic mass is 32.2. The van der Waals surface area contributed by atoms with Gasteiger partial charge in [0.25, 0.3) is 0 Å². The van der Waals surface area contributed by atoms with Crippen molar-refractivity contribution in [3.05, 3.63) is 29.3 Å². The second-order valence-electron chi connectivity index (χ2n) is 3.19. The Labute approximate surface area is 90.4 Å². The molecule has 1 aromatic carbocycles. The van der Waals surface area contributed by atoms with Crippen molar-refractivity contribution in [2.75, 3.05) is 6.26 Å². The largest absolute Gasteiger partial charge is 0.481 e. The first-order chi connectivity index (χ1) is 7.23. The van der Waals surface area contributed by atoms with Gasteiger partial charge in [0, 0.05) is 11.8 Å². The van der Waals surface area contributed by atoms with Gasteiger partial charge in [-0.1, -0.05) is 6.07 Å². The molecule has 0 aliphatic rings. The molecule has 0 saturated carbocycles. The van der Waals surface area contributed by atoms with Gasteiger partial charge in [-0.2, -0.15) is 0 Å². The van der Waals surface area contributed by atoms with Crippen LogP contribution in [0.1, 0.15) is 5.56 Å². The van der Waals surface area contributed by atoms with Gasteiger partial charge >= 0.3 is 5.97 Å². The maximum absolute atomic E-state index is 13.5. The minimum absolute atomic E-state index is 0.366. The second kappa shape index (κ2) is 4.17. The molecule has 0 radical (unpaired) electrons. The smallest absolute Gasteiger partial charge is 0.307 e. The summed E-state index contributed by atoms with van der Waals surface area (Å²) in [6.45, 7) is 0. The van der Waals surface area contributed by atoms with Gasteiger partial charge in [-0.05, 0) is 6.07 Å². The molecule has 1 rings (SSSR count). The predicted octanol–water partition coefficient (Wildman–Crippen LogP) is 0.995. The highest BCUT2D eigenvalue weighted by molar-refractivity contribution is 7.90. The first kappa shape index (κ1) is 12.6. The molecule has 7 heteroatoms. The van der Waals surface area contributed by atoms with Crippen molar-refractivity contribution < 1.29 is 27.1 Å². The van der Waals surface area contributed by atoms with Crippen LogP contribution in [0.4, 0.5) is 8.78 Å². The number of carboxylic acid groups (broad SMARTS) is 1. The maximum Gasteiger partial charge on any atom is 0.307 e. The molecule has 0 unspecified atom stereocenters. The molecule has 0 bridgehead atoms. The minimum Gasteiger partial charge on any atom is -0.481 e. The van der Waals surface area contributed by atoms with Crippen molar-refractivity contribution in [1.29, 1.82) is 0 Å². The molecule has 0 fully saturated rings. The van der Waals surface area contributed by atoms with Crippen molar-refractivity contribution in [3.63, 3.8) is 0 Å². The molecule has 0 aliphatic heterocycles. The Balaban J connectivity index is 3.45. The molecule has 88 valence electrons. The summed E-state index contributed by atoms with van der Waals surface area (Å²) in [6.07, 6.45) is -0.0479. The lowest BCUT2D eigenvalue weighted by Gasteiger charge is -2.06. The van der Waals surface area contributed by atoms with Gasteiger partial charge < -0.3 is 5.11 Å². The van der Waals surface area contributed by atoms with Gasteiger partial charge in [-0.25, -0.2) is 17.2 Å². The first-order valence-corrected chi connectivity index (χ1v) is 6.01. The van der Waals surface area contributed by atoms with E-state index in [4.69, 9.17) is 5.11 Å². The Morgan fingerprint density at radius 1 is 1.38 bits per heavy atom. The number of halogens is 2. The van der Waals surface area contributed by atoms with Crippen LogP contribution in [-0.4, -0.2) is 25.7 Å². The van der Waals surface area contributed by atoms with E-state index in [9.17, 15) is 22.0 Å². The Hall–Kier alpha value is -1.50. The lowest BCUT2D eigenvalue weighted by molar-refractivity contribution is -0.136. The van der Waals surface area contributed by atoms with Crippen LogP contribution in [0, 0.1) is 11.6 Å². The fourth-order valence-corrected chi connectivity index (χ4v) is 2.09. The molecule has 0 atom stereocenters. The molecular formula is C9H8F2O4S. The SMILES string of the molecule is CS(=O)(=O)c1c(F)ccc(CC(=O)O)c1F. The molecule has 0 amide bonds. The minimum atomic E-state index is -4.07. The summed E-state index contributed by atoms with van der Waals surface area (Å²) >= 11 is 0. The number of hydrogen-bond donors (Lipinski definition) is 1. The number of sulfone groups is 1. The quantitative estimate of drug-likeness (QED) is 0.868. The zero-order valence-electron chi connectivity index (χ0n) is 8.20. The Morgan fingerprint density at radius 3 is 2.38 bits per heavy atom. The molecule has 1 aromatic rings. The summed E-state index contributed by atoms with van der Waals surface area (Å²) in [5.74, 6) is -3.90. The monoisotopic (exact) mass is 250 g/mol. The van der Waals surface area contributed by atoms with Crippen LogP contribution in [-0.2, 0) is 21.1 Å². The average Bonchev–Trinajstić information content (AvgIpc) is 2.07. The van der Waals surface area contributed by atoms with E-state index in [0.717, 1.165) is 12.1 Å². The lowest BCUT2D eigenvalue weighted by Crippen LogP contribution is -2.10. The summed E-state index contributed by atoms with van der Waals surface area (Å²) in [5.41, 5.74) is -0.366. The summed E-state index contributed by atoms with van der Waals surface area (Å²) in [5, 5.41) is 8.44. The van der Waals surface area contributed by atoms with E-state index >= 15 is 0 Å². The van der Waals surface area contributed by atoms with Crippen LogP contribution in [0.2, 0.25) is 0 Å². The van der Waals surface area contributed by atoms with E-state index in [0.29, 0.717) is 6.26 Å². The van der Waals surface area contributed by atoms with Crippen LogP contribution < -0.4 is 0 Å². The van der Waals surface area contributed by atoms with Crippen LogP contribution in [0.5, 0.6) is 0 Å². The van der Waals surface area contributed by atoms with E-state index in [1.807, 2.05) is 0 Å². The fourth-order valence-electron chi connectivity index (χ4n) is 1.21. The Kier molecular flexibility index (Phi) is 3.27. The number of benzene rings is 1. The third kappa shape index (κ3) is 2.54. The van der Waals surface area contributed by atoms with Gasteiger partial charge in [-0.3, -0.25) is 4.79 Å². The standard InChI is InChI=1S/C9H8F2O4S/c1-16(14,15)9-6(10)3-2-5(8(9)11)4-7(12)13/h2-3H,4H2,1H3,(H,12,13). The predicted molar refractivity (Wildman–Crippen MR) is 50.8 cm³/mol. The first-order valence-electron chi connectivity index (χ1n) is 4.12. The molecule has 16 heavy (non-hydrogen) atoms. The molecule has 1 N–H and O–H groups in total. The zero-order chi connectivity index (χ0) is 12.5. The van der Waals surface area contributed by atoms with Crippen LogP contribution in [0.3, 0.4) is 0 Å². The van der Waals surface area contributed by atoms with Crippen molar-refractivity contribution in [2.45, 2.75) is 11.3 Å². The number of carboxylic acids is 1. The van der Waals surface area contributed by atoms with E-state index in [2.05, 4.69) is 0 Å². The topological polar surface area (TPSA) is 71.4 Å². The van der Waals surface area contributed by atoms with Gasteiger partial charge in [0.1, 0.15) is 16.5 Å². The molecular weight excluding hydrogens is 242 g/mol. The van der Waals surface area contributed by atoms with Crippen molar-refractivity contribution in [3.8, 4) is 0 Å². The van der Waals surface area contributed by atoms with Crippen LogP contribution in [0.25, 0.3) is 0 Å². The Bertz CT molecular complexity index is 537. The third-order valence-corrected chi connectivity index (χ3v) is 2.96. The van der Waals surface area contributed by atoms with Gasteiger partial charge in [0.05, 0.1) is 6.42 Å². The summed E-state index contributed by atoms with van der Waals surface area (Å²) in [7, 11) is -4.07. The molecule has 0 aliphatic carbocycles. The normalized spacial score (nSPS) is 11.4. The third-order valence-electron chi connectivity index (χ3n) is 1.84. The van der Waals surface area contributed by atoms with Crippen molar-refractivity contribution in [2.24, 2.45) is 0 Å².